The number of rotatable bonds is 6. The Morgan fingerprint density at radius 2 is 1.82 bits per heavy atom. The zero-order valence-electron chi connectivity index (χ0n) is 11.7. The highest BCUT2D eigenvalue weighted by Gasteiger charge is 2.09. The summed E-state index contributed by atoms with van der Waals surface area (Å²) in [5.74, 6) is -2.18. The molecule has 0 bridgehead atoms. The predicted octanol–water partition coefficient (Wildman–Crippen LogP) is 0.665. The van der Waals surface area contributed by atoms with Crippen LogP contribution in [0.2, 0.25) is 0 Å². The lowest BCUT2D eigenvalue weighted by Crippen LogP contribution is -2.30. The van der Waals surface area contributed by atoms with Gasteiger partial charge in [0.25, 0.3) is 5.91 Å². The molecule has 0 atom stereocenters. The van der Waals surface area contributed by atoms with Crippen molar-refractivity contribution in [3.8, 4) is 6.07 Å². The first-order chi connectivity index (χ1) is 10.4. The molecular weight excluding hydrogens is 288 g/mol. The summed E-state index contributed by atoms with van der Waals surface area (Å²) in [6, 6.07) is 8.25. The second-order valence-electron chi connectivity index (χ2n) is 4.15. The number of carbonyl (C=O) groups is 3. The maximum Gasteiger partial charge on any atom is 0.322 e. The van der Waals surface area contributed by atoms with Crippen molar-refractivity contribution in [2.45, 2.75) is 6.92 Å². The minimum Gasteiger partial charge on any atom is -0.480 e. The Labute approximate surface area is 126 Å². The number of aliphatic carboxylic acids is 1. The lowest BCUT2D eigenvalue weighted by atomic mass is 10.2. The van der Waals surface area contributed by atoms with Gasteiger partial charge in [-0.15, -0.1) is 0 Å². The van der Waals surface area contributed by atoms with Crippen LogP contribution in [0.5, 0.6) is 0 Å². The minimum absolute atomic E-state index is 0.192. The van der Waals surface area contributed by atoms with Gasteiger partial charge in [0, 0.05) is 24.5 Å². The summed E-state index contributed by atoms with van der Waals surface area (Å²) in [6.07, 6.45) is 1.17. The van der Waals surface area contributed by atoms with E-state index in [-0.39, 0.29) is 11.5 Å². The number of amides is 2. The summed E-state index contributed by atoms with van der Waals surface area (Å²) in [5, 5.41) is 24.7. The fourth-order valence-corrected chi connectivity index (χ4v) is 1.41. The molecule has 0 radical (unpaired) electrons. The van der Waals surface area contributed by atoms with E-state index in [1.165, 1.54) is 13.1 Å². The van der Waals surface area contributed by atoms with Crippen molar-refractivity contribution in [3.05, 3.63) is 36.0 Å². The van der Waals surface area contributed by atoms with Crippen molar-refractivity contribution in [3.63, 3.8) is 0 Å². The van der Waals surface area contributed by atoms with Crippen LogP contribution in [0.4, 0.5) is 11.4 Å². The Balaban J connectivity index is 2.68. The maximum atomic E-state index is 11.5. The maximum absolute atomic E-state index is 11.5. The Hall–Kier alpha value is -3.34. The van der Waals surface area contributed by atoms with E-state index in [9.17, 15) is 14.4 Å². The number of nitrogens with zero attached hydrogens (tertiary/aromatic N) is 1. The highest BCUT2D eigenvalue weighted by Crippen LogP contribution is 2.13. The van der Waals surface area contributed by atoms with Crippen LogP contribution in [0.15, 0.2) is 36.0 Å². The minimum atomic E-state index is -1.20. The molecule has 1 aromatic carbocycles. The van der Waals surface area contributed by atoms with Crippen LogP contribution in [0.1, 0.15) is 6.92 Å². The van der Waals surface area contributed by atoms with Crippen molar-refractivity contribution >= 4 is 29.2 Å². The molecule has 0 aliphatic heterocycles. The van der Waals surface area contributed by atoms with Gasteiger partial charge in [-0.3, -0.25) is 14.4 Å². The van der Waals surface area contributed by atoms with Crippen molar-refractivity contribution in [1.82, 2.24) is 5.32 Å². The molecule has 0 heterocycles. The quantitative estimate of drug-likeness (QED) is 0.451. The Bertz CT molecular complexity index is 644. The summed E-state index contributed by atoms with van der Waals surface area (Å²) in [4.78, 5) is 32.7. The molecule has 0 unspecified atom stereocenters. The van der Waals surface area contributed by atoms with Gasteiger partial charge in [0.05, 0.1) is 0 Å². The molecule has 22 heavy (non-hydrogen) atoms. The number of hydrogen-bond acceptors (Lipinski definition) is 5. The highest BCUT2D eigenvalue weighted by atomic mass is 16.4. The molecule has 8 heteroatoms. The van der Waals surface area contributed by atoms with Gasteiger partial charge in [-0.05, 0) is 24.3 Å². The van der Waals surface area contributed by atoms with E-state index in [1.54, 1.807) is 30.3 Å². The lowest BCUT2D eigenvalue weighted by Gasteiger charge is -2.05. The number of anilines is 2. The van der Waals surface area contributed by atoms with E-state index < -0.39 is 18.4 Å². The van der Waals surface area contributed by atoms with Crippen molar-refractivity contribution < 1.29 is 19.5 Å². The first-order valence-electron chi connectivity index (χ1n) is 6.17. The largest absolute Gasteiger partial charge is 0.480 e. The summed E-state index contributed by atoms with van der Waals surface area (Å²) in [7, 11) is 0. The van der Waals surface area contributed by atoms with E-state index in [1.807, 2.05) is 0 Å². The molecule has 2 amide bonds. The molecule has 0 saturated carbocycles. The molecular formula is C14H14N4O4. The second kappa shape index (κ2) is 8.06. The highest BCUT2D eigenvalue weighted by molar-refractivity contribution is 5.98. The molecule has 0 aliphatic rings. The Morgan fingerprint density at radius 3 is 2.32 bits per heavy atom. The molecule has 0 aliphatic carbocycles. The number of nitrogens with one attached hydrogen (secondary N) is 3. The third-order valence-electron chi connectivity index (χ3n) is 2.35. The monoisotopic (exact) mass is 302 g/mol. The van der Waals surface area contributed by atoms with Crippen molar-refractivity contribution in [1.29, 1.82) is 5.26 Å². The fraction of sp³-hybridized carbons (Fsp3) is 0.143. The third kappa shape index (κ3) is 5.75. The molecule has 1 rings (SSSR count). The molecule has 114 valence electrons. The molecule has 0 spiro atoms. The number of carbonyl (C=O) groups excluding carboxylic acids is 2. The first-order valence-corrected chi connectivity index (χ1v) is 6.17. The van der Waals surface area contributed by atoms with Gasteiger partial charge in [0.2, 0.25) is 5.91 Å². The standard InChI is InChI=1S/C14H14N4O4/c1-9(19)18-12-4-2-11(3-5-12)16-7-10(6-15)14(22)17-8-13(20)21/h2-5,7,16H,8H2,1H3,(H,17,22)(H,18,19)(H,20,21)/b10-7-. The Morgan fingerprint density at radius 1 is 1.23 bits per heavy atom. The normalized spacial score (nSPS) is 10.3. The lowest BCUT2D eigenvalue weighted by molar-refractivity contribution is -0.137. The summed E-state index contributed by atoms with van der Waals surface area (Å²) in [5.41, 5.74) is 0.946. The second-order valence-corrected chi connectivity index (χ2v) is 4.15. The number of nitriles is 1. The molecule has 4 N–H and O–H groups in total. The summed E-state index contributed by atoms with van der Waals surface area (Å²) in [6.45, 7) is 0.826. The number of carboxylic acids is 1. The van der Waals surface area contributed by atoms with Gasteiger partial charge in [-0.2, -0.15) is 5.26 Å². The van der Waals surface area contributed by atoms with Gasteiger partial charge in [0.15, 0.2) is 0 Å². The van der Waals surface area contributed by atoms with Crippen LogP contribution in [-0.2, 0) is 14.4 Å². The number of hydrogen-bond donors (Lipinski definition) is 4. The van der Waals surface area contributed by atoms with Crippen LogP contribution < -0.4 is 16.0 Å². The summed E-state index contributed by atoms with van der Waals surface area (Å²) < 4.78 is 0. The van der Waals surface area contributed by atoms with E-state index in [0.29, 0.717) is 11.4 Å². The van der Waals surface area contributed by atoms with E-state index >= 15 is 0 Å². The van der Waals surface area contributed by atoms with Crippen LogP contribution in [-0.4, -0.2) is 29.4 Å². The van der Waals surface area contributed by atoms with Crippen LogP contribution in [0, 0.1) is 11.3 Å². The van der Waals surface area contributed by atoms with Crippen LogP contribution >= 0.6 is 0 Å². The van der Waals surface area contributed by atoms with Gasteiger partial charge in [-0.1, -0.05) is 0 Å². The fourth-order valence-electron chi connectivity index (χ4n) is 1.41. The van der Waals surface area contributed by atoms with E-state index in [4.69, 9.17) is 10.4 Å². The van der Waals surface area contributed by atoms with Crippen LogP contribution in [0.25, 0.3) is 0 Å². The molecule has 8 nitrogen and oxygen atoms in total. The average molecular weight is 302 g/mol. The molecule has 0 aromatic heterocycles. The molecule has 1 aromatic rings. The smallest absolute Gasteiger partial charge is 0.322 e. The van der Waals surface area contributed by atoms with E-state index in [2.05, 4.69) is 16.0 Å². The van der Waals surface area contributed by atoms with Crippen molar-refractivity contribution in [2.24, 2.45) is 0 Å². The molecule has 0 fully saturated rings. The zero-order valence-corrected chi connectivity index (χ0v) is 11.7. The SMILES string of the molecule is CC(=O)Nc1ccc(N/C=C(/C#N)C(=O)NCC(=O)O)cc1. The van der Waals surface area contributed by atoms with Gasteiger partial charge < -0.3 is 21.1 Å². The van der Waals surface area contributed by atoms with Gasteiger partial charge >= 0.3 is 5.97 Å². The third-order valence-corrected chi connectivity index (χ3v) is 2.35. The summed E-state index contributed by atoms with van der Waals surface area (Å²) >= 11 is 0. The Kier molecular flexibility index (Phi) is 6.12. The number of carboxylic acid groups (broad SMARTS) is 1. The van der Waals surface area contributed by atoms with Crippen LogP contribution in [0.3, 0.4) is 0 Å². The average Bonchev–Trinajstić information content (AvgIpc) is 2.46. The predicted molar refractivity (Wildman–Crippen MR) is 78.7 cm³/mol. The van der Waals surface area contributed by atoms with Crippen molar-refractivity contribution in [2.75, 3.05) is 17.2 Å². The number of benzene rings is 1. The molecule has 0 saturated heterocycles. The first kappa shape index (κ1) is 16.7. The van der Waals surface area contributed by atoms with E-state index in [0.717, 1.165) is 0 Å². The zero-order chi connectivity index (χ0) is 16.5. The van der Waals surface area contributed by atoms with Gasteiger partial charge in [0.1, 0.15) is 18.2 Å². The topological polar surface area (TPSA) is 131 Å². The van der Waals surface area contributed by atoms with Gasteiger partial charge in [-0.25, -0.2) is 0 Å².